The molecule has 2 aromatic rings. The van der Waals surface area contributed by atoms with E-state index in [1.165, 1.54) is 0 Å². The van der Waals surface area contributed by atoms with Crippen molar-refractivity contribution in [2.75, 3.05) is 26.4 Å². The van der Waals surface area contributed by atoms with E-state index in [0.29, 0.717) is 30.7 Å². The van der Waals surface area contributed by atoms with Gasteiger partial charge in [-0.1, -0.05) is 27.7 Å². The lowest BCUT2D eigenvalue weighted by atomic mass is 9.72. The molecule has 0 aromatic heterocycles. The van der Waals surface area contributed by atoms with Crippen molar-refractivity contribution in [3.8, 4) is 23.0 Å². The van der Waals surface area contributed by atoms with Gasteiger partial charge in [-0.2, -0.15) is 0 Å². The van der Waals surface area contributed by atoms with Crippen LogP contribution in [0.1, 0.15) is 90.5 Å². The summed E-state index contributed by atoms with van der Waals surface area (Å²) in [5.74, 6) is -0.798. The maximum absolute atomic E-state index is 10.6. The molecule has 0 atom stereocenters. The number of ether oxygens (including phenoxy) is 2. The van der Waals surface area contributed by atoms with Crippen LogP contribution in [0.2, 0.25) is 0 Å². The van der Waals surface area contributed by atoms with Crippen molar-refractivity contribution in [1.29, 1.82) is 0 Å². The molecule has 6 nitrogen and oxygen atoms in total. The van der Waals surface area contributed by atoms with E-state index in [2.05, 4.69) is 91.4 Å². The molecule has 0 saturated heterocycles. The molecule has 1 spiro atoms. The summed E-state index contributed by atoms with van der Waals surface area (Å²) in [5, 5.41) is 42.2. The molecule has 2 aliphatic rings. The number of aromatic hydroxyl groups is 4. The fourth-order valence-corrected chi connectivity index (χ4v) is 9.51. The molecular formula is C29H40Br4O6. The third-order valence-corrected chi connectivity index (χ3v) is 10.4. The van der Waals surface area contributed by atoms with E-state index >= 15 is 0 Å². The highest BCUT2D eigenvalue weighted by Crippen LogP contribution is 2.70. The molecule has 220 valence electrons. The second kappa shape index (κ2) is 13.2. The van der Waals surface area contributed by atoms with Crippen LogP contribution in [0.15, 0.2) is 17.9 Å². The van der Waals surface area contributed by atoms with Crippen molar-refractivity contribution >= 4 is 63.7 Å². The van der Waals surface area contributed by atoms with E-state index in [-0.39, 0.29) is 33.8 Å². The van der Waals surface area contributed by atoms with E-state index in [1.807, 2.05) is 27.7 Å². The van der Waals surface area contributed by atoms with Gasteiger partial charge in [0.1, 0.15) is 0 Å². The van der Waals surface area contributed by atoms with Crippen LogP contribution in [-0.2, 0) is 25.7 Å². The summed E-state index contributed by atoms with van der Waals surface area (Å²) in [6, 6.07) is 0. The van der Waals surface area contributed by atoms with Gasteiger partial charge in [-0.3, -0.25) is 0 Å². The van der Waals surface area contributed by atoms with Crippen molar-refractivity contribution < 1.29 is 29.9 Å². The first-order chi connectivity index (χ1) is 18.0. The van der Waals surface area contributed by atoms with Gasteiger partial charge < -0.3 is 29.9 Å². The SMILES string of the molecule is CC1(C)CC2(CC(C)(C)c3c(Br)c(O)c(O)c(Br)c32)c2c(Br)c(O)c(O)c(Br)c21.CCOCC.CCOCC. The van der Waals surface area contributed by atoms with E-state index < -0.39 is 5.41 Å². The van der Waals surface area contributed by atoms with Crippen molar-refractivity contribution in [1.82, 2.24) is 0 Å². The smallest absolute Gasteiger partial charge is 0.173 e. The lowest BCUT2D eigenvalue weighted by molar-refractivity contribution is 0.162. The Bertz CT molecular complexity index is 1110. The van der Waals surface area contributed by atoms with Gasteiger partial charge in [-0.05, 0) is 137 Å². The molecule has 2 aromatic carbocycles. The number of hydrogen-bond donors (Lipinski definition) is 4. The van der Waals surface area contributed by atoms with Gasteiger partial charge in [0.2, 0.25) is 0 Å². The van der Waals surface area contributed by atoms with E-state index in [0.717, 1.165) is 48.7 Å². The first-order valence-corrected chi connectivity index (χ1v) is 16.2. The largest absolute Gasteiger partial charge is 0.503 e. The number of benzene rings is 2. The van der Waals surface area contributed by atoms with Crippen molar-refractivity contribution in [3.05, 3.63) is 40.1 Å². The summed E-state index contributed by atoms with van der Waals surface area (Å²) in [5.41, 5.74) is 2.47. The molecule has 10 heteroatoms. The number of phenols is 4. The molecule has 4 rings (SSSR count). The third kappa shape index (κ3) is 6.17. The Hall–Kier alpha value is -0.520. The molecule has 0 heterocycles. The highest BCUT2D eigenvalue weighted by molar-refractivity contribution is 9.11. The Morgan fingerprint density at radius 2 is 0.744 bits per heavy atom. The molecule has 0 aliphatic heterocycles. The summed E-state index contributed by atoms with van der Waals surface area (Å²) in [7, 11) is 0. The molecule has 0 radical (unpaired) electrons. The van der Waals surface area contributed by atoms with Crippen molar-refractivity contribution in [3.63, 3.8) is 0 Å². The maximum Gasteiger partial charge on any atom is 0.173 e. The van der Waals surface area contributed by atoms with Gasteiger partial charge in [-0.25, -0.2) is 0 Å². The third-order valence-electron chi connectivity index (χ3n) is 7.27. The van der Waals surface area contributed by atoms with Crippen LogP contribution in [0.3, 0.4) is 0 Å². The highest BCUT2D eigenvalue weighted by atomic mass is 79.9. The van der Waals surface area contributed by atoms with Gasteiger partial charge in [0.05, 0.1) is 17.9 Å². The minimum Gasteiger partial charge on any atom is -0.503 e. The number of fused-ring (bicyclic) bond motifs is 4. The predicted molar refractivity (Wildman–Crippen MR) is 171 cm³/mol. The van der Waals surface area contributed by atoms with Crippen LogP contribution in [0.4, 0.5) is 0 Å². The normalized spacial score (nSPS) is 17.1. The molecule has 2 aliphatic carbocycles. The lowest BCUT2D eigenvalue weighted by Crippen LogP contribution is -2.27. The second-order valence-corrected chi connectivity index (χ2v) is 14.1. The van der Waals surface area contributed by atoms with Gasteiger partial charge in [0.25, 0.3) is 0 Å². The first kappa shape index (κ1) is 34.7. The number of rotatable bonds is 4. The fourth-order valence-electron chi connectivity index (χ4n) is 6.13. The zero-order chi connectivity index (χ0) is 30.1. The van der Waals surface area contributed by atoms with Crippen LogP contribution in [0.5, 0.6) is 23.0 Å². The number of hydrogen-bond acceptors (Lipinski definition) is 6. The van der Waals surface area contributed by atoms with Crippen LogP contribution in [-0.4, -0.2) is 46.9 Å². The molecule has 39 heavy (non-hydrogen) atoms. The average Bonchev–Trinajstić information content (AvgIpc) is 3.24. The van der Waals surface area contributed by atoms with Gasteiger partial charge in [-0.15, -0.1) is 0 Å². The van der Waals surface area contributed by atoms with Gasteiger partial charge >= 0.3 is 0 Å². The van der Waals surface area contributed by atoms with E-state index in [1.54, 1.807) is 0 Å². The summed E-state index contributed by atoms with van der Waals surface area (Å²) in [6.07, 6.45) is 1.42. The van der Waals surface area contributed by atoms with E-state index in [9.17, 15) is 20.4 Å². The van der Waals surface area contributed by atoms with Gasteiger partial charge in [0.15, 0.2) is 23.0 Å². The number of halogens is 4. The van der Waals surface area contributed by atoms with E-state index in [4.69, 9.17) is 9.47 Å². The zero-order valence-electron chi connectivity index (χ0n) is 23.9. The van der Waals surface area contributed by atoms with Crippen LogP contribution in [0, 0.1) is 0 Å². The fraction of sp³-hybridized carbons (Fsp3) is 0.586. The molecule has 0 unspecified atom stereocenters. The van der Waals surface area contributed by atoms with Crippen LogP contribution < -0.4 is 0 Å². The topological polar surface area (TPSA) is 99.4 Å². The molecule has 0 bridgehead atoms. The maximum atomic E-state index is 10.6. The summed E-state index contributed by atoms with van der Waals surface area (Å²) >= 11 is 14.1. The zero-order valence-corrected chi connectivity index (χ0v) is 30.2. The Kier molecular flexibility index (Phi) is 11.7. The highest BCUT2D eigenvalue weighted by Gasteiger charge is 2.60. The molecule has 4 N–H and O–H groups in total. The molecule has 0 amide bonds. The minimum atomic E-state index is -0.545. The van der Waals surface area contributed by atoms with Crippen molar-refractivity contribution in [2.45, 2.75) is 84.5 Å². The Morgan fingerprint density at radius 3 is 0.949 bits per heavy atom. The van der Waals surface area contributed by atoms with Crippen LogP contribution in [0.25, 0.3) is 0 Å². The first-order valence-electron chi connectivity index (χ1n) is 13.0. The Labute approximate surface area is 266 Å². The second-order valence-electron chi connectivity index (χ2n) is 10.9. The average molecular weight is 804 g/mol. The number of phenolic OH excluding ortho intramolecular Hbond substituents is 4. The lowest BCUT2D eigenvalue weighted by Gasteiger charge is -2.31. The standard InChI is InChI=1S/C21H20Br4O4.2C4H10O/c1-19(2)5-21(9-7(19)11(22)15(26)17(28)13(9)24)6-20(3,4)8-10(21)14(25)18(29)16(27)12(8)23;2*1-3-5-4-2/h26-29H,5-6H2,1-4H3;2*3-4H2,1-2H3. The molecule has 0 fully saturated rings. The monoisotopic (exact) mass is 800 g/mol. The molecular weight excluding hydrogens is 764 g/mol. The predicted octanol–water partition coefficient (Wildman–Crippen LogP) is 9.29. The summed E-state index contributed by atoms with van der Waals surface area (Å²) in [4.78, 5) is 0. The van der Waals surface area contributed by atoms with Crippen molar-refractivity contribution in [2.24, 2.45) is 0 Å². The Morgan fingerprint density at radius 1 is 0.513 bits per heavy atom. The minimum absolute atomic E-state index is 0.188. The summed E-state index contributed by atoms with van der Waals surface area (Å²) < 4.78 is 11.6. The van der Waals surface area contributed by atoms with Crippen LogP contribution >= 0.6 is 63.7 Å². The quantitative estimate of drug-likeness (QED) is 0.230. The summed E-state index contributed by atoms with van der Waals surface area (Å²) in [6.45, 7) is 19.8. The molecule has 0 saturated carbocycles. The van der Waals surface area contributed by atoms with Gasteiger partial charge in [0, 0.05) is 31.8 Å². The Balaban J connectivity index is 0.000000458.